The molecule has 0 aliphatic heterocycles. The molecule has 8 rings (SSSR count). The van der Waals surface area contributed by atoms with Crippen molar-refractivity contribution in [2.75, 3.05) is 0 Å². The van der Waals surface area contributed by atoms with Crippen molar-refractivity contribution in [3.63, 3.8) is 0 Å². The number of hydrogen-bond acceptors (Lipinski definition) is 3. The van der Waals surface area contributed by atoms with Gasteiger partial charge in [0.1, 0.15) is 5.65 Å². The number of nitrogens with one attached hydrogen (secondary N) is 1. The number of fused-ring (bicyclic) bond motifs is 9. The number of pyridine rings is 2. The number of aromatic nitrogens is 4. The first-order chi connectivity index (χ1) is 17.3. The molecule has 4 heterocycles. The summed E-state index contributed by atoms with van der Waals surface area (Å²) in [6.45, 7) is 0. The SMILES string of the molecule is c1ccc(-c2cc3cc(c2)c2ncc([nH]2)c2ccc4ccc5ccc6ccc3nc6c5c4n2)cc1. The molecule has 0 unspecified atom stereocenters. The highest BCUT2D eigenvalue weighted by atomic mass is 14.9. The molecule has 162 valence electrons. The molecule has 0 amide bonds. The van der Waals surface area contributed by atoms with Crippen LogP contribution in [0.4, 0.5) is 0 Å². The Balaban J connectivity index is 1.66. The highest BCUT2D eigenvalue weighted by Crippen LogP contribution is 2.33. The molecule has 0 spiro atoms. The third kappa shape index (κ3) is 2.77. The van der Waals surface area contributed by atoms with Crippen molar-refractivity contribution in [3.05, 3.63) is 103 Å². The highest BCUT2D eigenvalue weighted by Gasteiger charge is 2.11. The maximum Gasteiger partial charge on any atom is 0.137 e. The lowest BCUT2D eigenvalue weighted by molar-refractivity contribution is 1.44. The number of rotatable bonds is 1. The first kappa shape index (κ1) is 18.6. The van der Waals surface area contributed by atoms with E-state index >= 15 is 0 Å². The van der Waals surface area contributed by atoms with E-state index in [1.54, 1.807) is 0 Å². The predicted octanol–water partition coefficient (Wildman–Crippen LogP) is 7.79. The van der Waals surface area contributed by atoms with Crippen LogP contribution >= 0.6 is 0 Å². The molecule has 0 saturated carbocycles. The molecule has 0 saturated heterocycles. The second-order valence-corrected chi connectivity index (χ2v) is 9.08. The van der Waals surface area contributed by atoms with E-state index in [0.29, 0.717) is 0 Å². The Bertz CT molecular complexity index is 2100. The summed E-state index contributed by atoms with van der Waals surface area (Å²) in [4.78, 5) is 18.6. The quantitative estimate of drug-likeness (QED) is 0.262. The van der Waals surface area contributed by atoms with Gasteiger partial charge in [-0.1, -0.05) is 66.7 Å². The van der Waals surface area contributed by atoms with E-state index in [1.165, 1.54) is 0 Å². The van der Waals surface area contributed by atoms with Crippen LogP contribution in [0.15, 0.2) is 103 Å². The van der Waals surface area contributed by atoms with Crippen LogP contribution in [-0.2, 0) is 0 Å². The van der Waals surface area contributed by atoms with E-state index < -0.39 is 0 Å². The molecule has 0 aliphatic rings. The summed E-state index contributed by atoms with van der Waals surface area (Å²) in [6.07, 6.45) is 1.88. The zero-order valence-electron chi connectivity index (χ0n) is 18.7. The normalized spacial score (nSPS) is 12.0. The summed E-state index contributed by atoms with van der Waals surface area (Å²) in [7, 11) is 0. The maximum absolute atomic E-state index is 5.23. The molecule has 8 aromatic rings. The Morgan fingerprint density at radius 1 is 0.514 bits per heavy atom. The van der Waals surface area contributed by atoms with Gasteiger partial charge < -0.3 is 4.98 Å². The standard InChI is InChI=1S/C31H18N4/c1-2-4-18(5-3-1)22-14-23-16-24(15-22)31-32-17-27(35-31)26-13-11-21-9-7-19-6-8-20-10-12-25(23)33-29(20)28(19)30(21)34-26/h1-17H,(H,32,35). The van der Waals surface area contributed by atoms with Crippen LogP contribution in [0.2, 0.25) is 0 Å². The summed E-state index contributed by atoms with van der Waals surface area (Å²) in [6, 6.07) is 34.1. The minimum Gasteiger partial charge on any atom is -0.337 e. The van der Waals surface area contributed by atoms with E-state index in [4.69, 9.17) is 15.0 Å². The third-order valence-electron chi connectivity index (χ3n) is 6.96. The van der Waals surface area contributed by atoms with E-state index in [9.17, 15) is 0 Å². The fraction of sp³-hybridized carbons (Fsp3) is 0. The summed E-state index contributed by atoms with van der Waals surface area (Å²) < 4.78 is 0. The zero-order valence-corrected chi connectivity index (χ0v) is 18.7. The number of aromatic amines is 1. The fourth-order valence-electron chi connectivity index (χ4n) is 5.19. The van der Waals surface area contributed by atoms with E-state index in [-0.39, 0.29) is 0 Å². The summed E-state index contributed by atoms with van der Waals surface area (Å²) in [5.74, 6) is 0. The smallest absolute Gasteiger partial charge is 0.137 e. The van der Waals surface area contributed by atoms with Crippen molar-refractivity contribution < 1.29 is 0 Å². The van der Waals surface area contributed by atoms with Gasteiger partial charge in [-0.25, -0.2) is 15.0 Å². The predicted molar refractivity (Wildman–Crippen MR) is 145 cm³/mol. The minimum atomic E-state index is 0.817. The third-order valence-corrected chi connectivity index (χ3v) is 6.96. The second-order valence-electron chi connectivity index (χ2n) is 9.08. The molecule has 4 aromatic heterocycles. The Hall–Kier alpha value is -4.83. The summed E-state index contributed by atoms with van der Waals surface area (Å²) in [5.41, 5.74) is 7.75. The summed E-state index contributed by atoms with van der Waals surface area (Å²) >= 11 is 0. The molecule has 0 atom stereocenters. The van der Waals surface area contributed by atoms with Crippen LogP contribution in [0.5, 0.6) is 0 Å². The molecule has 8 bridgehead atoms. The first-order valence-electron chi connectivity index (χ1n) is 11.7. The average Bonchev–Trinajstić information content (AvgIpc) is 3.42. The zero-order chi connectivity index (χ0) is 22.9. The van der Waals surface area contributed by atoms with Gasteiger partial charge in [0.2, 0.25) is 0 Å². The molecular weight excluding hydrogens is 428 g/mol. The van der Waals surface area contributed by atoms with Gasteiger partial charge in [0.15, 0.2) is 0 Å². The van der Waals surface area contributed by atoms with Crippen LogP contribution in [0.25, 0.3) is 76.7 Å². The average molecular weight is 447 g/mol. The van der Waals surface area contributed by atoms with Gasteiger partial charge in [0.25, 0.3) is 0 Å². The van der Waals surface area contributed by atoms with E-state index in [2.05, 4.69) is 96.0 Å². The van der Waals surface area contributed by atoms with Gasteiger partial charge in [0.05, 0.1) is 33.8 Å². The van der Waals surface area contributed by atoms with E-state index in [1.807, 2.05) is 12.3 Å². The molecule has 1 N–H and O–H groups in total. The lowest BCUT2D eigenvalue weighted by Gasteiger charge is -2.08. The molecule has 4 aromatic carbocycles. The largest absolute Gasteiger partial charge is 0.337 e. The van der Waals surface area contributed by atoms with Gasteiger partial charge in [-0.15, -0.1) is 0 Å². The Morgan fingerprint density at radius 3 is 1.97 bits per heavy atom. The van der Waals surface area contributed by atoms with Crippen LogP contribution in [0.1, 0.15) is 0 Å². The van der Waals surface area contributed by atoms with Crippen molar-refractivity contribution in [3.8, 4) is 11.1 Å². The van der Waals surface area contributed by atoms with Gasteiger partial charge in [-0.3, -0.25) is 0 Å². The number of H-pyrrole nitrogens is 1. The van der Waals surface area contributed by atoms with Crippen molar-refractivity contribution in [1.29, 1.82) is 0 Å². The molecule has 4 heteroatoms. The second kappa shape index (κ2) is 6.84. The van der Waals surface area contributed by atoms with Gasteiger partial charge >= 0.3 is 0 Å². The van der Waals surface area contributed by atoms with Crippen molar-refractivity contribution in [2.45, 2.75) is 0 Å². The Labute approximate surface area is 199 Å². The molecule has 0 fully saturated rings. The molecule has 35 heavy (non-hydrogen) atoms. The summed E-state index contributed by atoms with van der Waals surface area (Å²) in [5, 5.41) is 6.51. The monoisotopic (exact) mass is 446 g/mol. The molecular formula is C31H18N4. The molecule has 0 aliphatic carbocycles. The van der Waals surface area contributed by atoms with Gasteiger partial charge in [-0.2, -0.15) is 0 Å². The number of benzene rings is 4. The van der Waals surface area contributed by atoms with Crippen LogP contribution in [0, 0.1) is 0 Å². The minimum absolute atomic E-state index is 0.817. The fourth-order valence-corrected chi connectivity index (χ4v) is 5.19. The Kier molecular flexibility index (Phi) is 3.63. The van der Waals surface area contributed by atoms with Crippen LogP contribution in [0.3, 0.4) is 0 Å². The van der Waals surface area contributed by atoms with Crippen molar-refractivity contribution in [2.24, 2.45) is 0 Å². The lowest BCUT2D eigenvalue weighted by Crippen LogP contribution is -1.88. The van der Waals surface area contributed by atoms with Gasteiger partial charge in [0, 0.05) is 26.9 Å². The topological polar surface area (TPSA) is 54.5 Å². The molecule has 0 radical (unpaired) electrons. The number of hydrogen-bond donors (Lipinski definition) is 1. The Morgan fingerprint density at radius 2 is 1.17 bits per heavy atom. The van der Waals surface area contributed by atoms with Crippen molar-refractivity contribution in [1.82, 2.24) is 19.9 Å². The lowest BCUT2D eigenvalue weighted by atomic mass is 10.0. The molecule has 4 nitrogen and oxygen atoms in total. The van der Waals surface area contributed by atoms with E-state index in [0.717, 1.165) is 76.7 Å². The van der Waals surface area contributed by atoms with Gasteiger partial charge in [-0.05, 0) is 46.8 Å². The van der Waals surface area contributed by atoms with Crippen molar-refractivity contribution >= 4 is 65.5 Å². The maximum atomic E-state index is 5.23. The highest BCUT2D eigenvalue weighted by molar-refractivity contribution is 6.18. The van der Waals surface area contributed by atoms with Crippen LogP contribution < -0.4 is 0 Å². The number of imidazole rings is 1. The number of nitrogens with zero attached hydrogens (tertiary/aromatic N) is 3. The first-order valence-corrected chi connectivity index (χ1v) is 11.7. The van der Waals surface area contributed by atoms with Crippen LogP contribution in [-0.4, -0.2) is 19.9 Å².